The predicted molar refractivity (Wildman–Crippen MR) is 140 cm³/mol. The Balaban J connectivity index is 1.48. The lowest BCUT2D eigenvalue weighted by molar-refractivity contribution is 0.0554. The van der Waals surface area contributed by atoms with Crippen LogP contribution in [0.25, 0.3) is 0 Å². The van der Waals surface area contributed by atoms with Crippen molar-refractivity contribution in [3.63, 3.8) is 0 Å². The molecular weight excluding hydrogens is 492 g/mol. The summed E-state index contributed by atoms with van der Waals surface area (Å²) >= 11 is 0. The van der Waals surface area contributed by atoms with E-state index in [2.05, 4.69) is 5.32 Å². The number of fused-ring (bicyclic) bond motifs is 1. The molecule has 0 unspecified atom stereocenters. The molecule has 37 heavy (non-hydrogen) atoms. The number of nitrogens with zero attached hydrogens (tertiary/aromatic N) is 1. The van der Waals surface area contributed by atoms with Gasteiger partial charge in [-0.15, -0.1) is 0 Å². The first kappa shape index (κ1) is 27.6. The summed E-state index contributed by atoms with van der Waals surface area (Å²) in [7, 11) is -3.84. The summed E-state index contributed by atoms with van der Waals surface area (Å²) < 4.78 is 39.6. The Labute approximate surface area is 220 Å². The van der Waals surface area contributed by atoms with Gasteiger partial charge in [-0.1, -0.05) is 62.4 Å². The Hall–Kier alpha value is -2.46. The first-order valence-corrected chi connectivity index (χ1v) is 14.5. The average Bonchev–Trinajstić information content (AvgIpc) is 3.46. The van der Waals surface area contributed by atoms with Crippen molar-refractivity contribution in [1.82, 2.24) is 9.62 Å². The minimum absolute atomic E-state index is 0.0419. The third-order valence-corrected chi connectivity index (χ3v) is 8.93. The van der Waals surface area contributed by atoms with Crippen LogP contribution in [0.4, 0.5) is 4.79 Å². The van der Waals surface area contributed by atoms with E-state index < -0.39 is 28.3 Å². The molecule has 5 atom stereocenters. The predicted octanol–water partition coefficient (Wildman–Crippen LogP) is 3.60. The number of sulfonamides is 1. The number of benzene rings is 2. The molecule has 1 saturated carbocycles. The van der Waals surface area contributed by atoms with Gasteiger partial charge in [0, 0.05) is 26.1 Å². The maximum atomic E-state index is 13.4. The van der Waals surface area contributed by atoms with Crippen LogP contribution in [0.1, 0.15) is 38.7 Å². The molecule has 1 amide bonds. The van der Waals surface area contributed by atoms with Gasteiger partial charge in [-0.2, -0.15) is 4.31 Å². The third kappa shape index (κ3) is 7.31. The first-order chi connectivity index (χ1) is 17.7. The molecule has 4 rings (SSSR count). The van der Waals surface area contributed by atoms with Crippen LogP contribution in [0.2, 0.25) is 0 Å². The van der Waals surface area contributed by atoms with Crippen molar-refractivity contribution < 1.29 is 27.8 Å². The number of aliphatic hydroxyl groups is 1. The SMILES string of the molecule is CC(C)CN(C[C@@H](O)[C@H](Cc1ccccc1)NC(=O)O[C@@H]1C[C@@H]2CCO[C@@H]2C1)S(=O)(=O)c1ccccc1. The lowest BCUT2D eigenvalue weighted by Crippen LogP contribution is -2.51. The topological polar surface area (TPSA) is 105 Å². The Morgan fingerprint density at radius 1 is 1.08 bits per heavy atom. The number of carbonyl (C=O) groups is 1. The van der Waals surface area contributed by atoms with Gasteiger partial charge in [-0.3, -0.25) is 0 Å². The molecule has 0 spiro atoms. The van der Waals surface area contributed by atoms with Gasteiger partial charge in [0.2, 0.25) is 10.0 Å². The molecule has 2 N–H and O–H groups in total. The van der Waals surface area contributed by atoms with Crippen molar-refractivity contribution in [2.24, 2.45) is 11.8 Å². The number of ether oxygens (including phenoxy) is 2. The van der Waals surface area contributed by atoms with E-state index in [1.54, 1.807) is 30.3 Å². The lowest BCUT2D eigenvalue weighted by atomic mass is 10.0. The molecule has 2 aromatic rings. The Bertz CT molecular complexity index is 1100. The average molecular weight is 531 g/mol. The van der Waals surface area contributed by atoms with Crippen molar-refractivity contribution in [3.8, 4) is 0 Å². The smallest absolute Gasteiger partial charge is 0.407 e. The van der Waals surface area contributed by atoms with Gasteiger partial charge >= 0.3 is 6.09 Å². The second kappa shape index (κ2) is 12.4. The summed E-state index contributed by atoms with van der Waals surface area (Å²) in [5.41, 5.74) is 0.914. The van der Waals surface area contributed by atoms with E-state index in [1.165, 1.54) is 4.31 Å². The molecule has 2 aromatic carbocycles. The number of carbonyl (C=O) groups excluding carboxylic acids is 1. The Morgan fingerprint density at radius 3 is 2.41 bits per heavy atom. The molecule has 0 radical (unpaired) electrons. The molecule has 8 nitrogen and oxygen atoms in total. The summed E-state index contributed by atoms with van der Waals surface area (Å²) in [6, 6.07) is 17.0. The van der Waals surface area contributed by atoms with Crippen LogP contribution in [-0.4, -0.2) is 68.0 Å². The summed E-state index contributed by atoms with van der Waals surface area (Å²) in [4.78, 5) is 13.1. The van der Waals surface area contributed by atoms with Crippen LogP contribution in [0, 0.1) is 11.8 Å². The Morgan fingerprint density at radius 2 is 1.76 bits per heavy atom. The quantitative estimate of drug-likeness (QED) is 0.460. The fraction of sp³-hybridized carbons (Fsp3) is 0.536. The van der Waals surface area contributed by atoms with E-state index >= 15 is 0 Å². The van der Waals surface area contributed by atoms with Gasteiger partial charge in [0.25, 0.3) is 0 Å². The zero-order valence-corrected chi connectivity index (χ0v) is 22.3. The van der Waals surface area contributed by atoms with E-state index in [0.717, 1.165) is 25.0 Å². The van der Waals surface area contributed by atoms with E-state index in [-0.39, 0.29) is 36.1 Å². The Kier molecular flexibility index (Phi) is 9.23. The molecular formula is C28H38N2O6S. The zero-order valence-electron chi connectivity index (χ0n) is 21.5. The normalized spacial score (nSPS) is 23.1. The molecule has 9 heteroatoms. The summed E-state index contributed by atoms with van der Waals surface area (Å²) in [6.07, 6.45) is 0.947. The van der Waals surface area contributed by atoms with Gasteiger partial charge in [-0.25, -0.2) is 13.2 Å². The van der Waals surface area contributed by atoms with Gasteiger partial charge < -0.3 is 19.9 Å². The van der Waals surface area contributed by atoms with Gasteiger partial charge in [0.05, 0.1) is 23.1 Å². The highest BCUT2D eigenvalue weighted by Gasteiger charge is 2.40. The van der Waals surface area contributed by atoms with Crippen molar-refractivity contribution >= 4 is 16.1 Å². The van der Waals surface area contributed by atoms with E-state index in [4.69, 9.17) is 9.47 Å². The van der Waals surface area contributed by atoms with Crippen molar-refractivity contribution in [2.45, 2.75) is 68.8 Å². The van der Waals surface area contributed by atoms with Crippen molar-refractivity contribution in [2.75, 3.05) is 19.7 Å². The third-order valence-electron chi connectivity index (χ3n) is 7.09. The highest BCUT2D eigenvalue weighted by molar-refractivity contribution is 7.89. The number of aliphatic hydroxyl groups excluding tert-OH is 1. The minimum Gasteiger partial charge on any atom is -0.446 e. The van der Waals surface area contributed by atoms with E-state index in [1.807, 2.05) is 44.2 Å². The number of rotatable bonds is 11. The van der Waals surface area contributed by atoms with E-state index in [0.29, 0.717) is 18.8 Å². The van der Waals surface area contributed by atoms with E-state index in [9.17, 15) is 18.3 Å². The first-order valence-electron chi connectivity index (χ1n) is 13.1. The molecule has 0 bridgehead atoms. The molecule has 1 heterocycles. The minimum atomic E-state index is -3.84. The van der Waals surface area contributed by atoms with Crippen molar-refractivity contribution in [1.29, 1.82) is 0 Å². The van der Waals surface area contributed by atoms with Crippen molar-refractivity contribution in [3.05, 3.63) is 66.2 Å². The highest BCUT2D eigenvalue weighted by atomic mass is 32.2. The second-order valence-electron chi connectivity index (χ2n) is 10.5. The summed E-state index contributed by atoms with van der Waals surface area (Å²) in [5, 5.41) is 14.1. The number of hydrogen-bond acceptors (Lipinski definition) is 6. The monoisotopic (exact) mass is 530 g/mol. The molecule has 1 aliphatic carbocycles. The molecule has 1 aliphatic heterocycles. The number of nitrogens with one attached hydrogen (secondary N) is 1. The van der Waals surface area contributed by atoms with Gasteiger partial charge in [0.1, 0.15) is 6.10 Å². The van der Waals surface area contributed by atoms with Crippen LogP contribution >= 0.6 is 0 Å². The van der Waals surface area contributed by atoms with Crippen LogP contribution < -0.4 is 5.32 Å². The van der Waals surface area contributed by atoms with Crippen LogP contribution in [-0.2, 0) is 25.9 Å². The molecule has 2 aliphatic rings. The largest absolute Gasteiger partial charge is 0.446 e. The standard InChI is InChI=1S/C28H38N2O6S/c1-20(2)18-30(37(33,34)24-11-7-4-8-12-24)19-26(31)25(15-21-9-5-3-6-10-21)29-28(32)36-23-16-22-13-14-35-27(22)17-23/h3-12,20,22-23,25-27,31H,13-19H2,1-2H3,(H,29,32)/t22-,23+,25-,26+,27+/m0/s1. The maximum absolute atomic E-state index is 13.4. The molecule has 202 valence electrons. The lowest BCUT2D eigenvalue weighted by Gasteiger charge is -2.30. The highest BCUT2D eigenvalue weighted by Crippen LogP contribution is 2.37. The molecule has 2 fully saturated rings. The molecule has 1 saturated heterocycles. The number of amides is 1. The van der Waals surface area contributed by atoms with Crippen LogP contribution in [0.5, 0.6) is 0 Å². The summed E-state index contributed by atoms with van der Waals surface area (Å²) in [5.74, 6) is 0.469. The zero-order chi connectivity index (χ0) is 26.4. The van der Waals surface area contributed by atoms with Gasteiger partial charge in [-0.05, 0) is 48.8 Å². The number of alkyl carbamates (subject to hydrolysis) is 1. The van der Waals surface area contributed by atoms with Gasteiger partial charge in [0.15, 0.2) is 0 Å². The van der Waals surface area contributed by atoms with Crippen LogP contribution in [0.3, 0.4) is 0 Å². The fourth-order valence-electron chi connectivity index (χ4n) is 5.26. The van der Waals surface area contributed by atoms with Crippen LogP contribution in [0.15, 0.2) is 65.6 Å². The summed E-state index contributed by atoms with van der Waals surface area (Å²) in [6.45, 7) is 4.70. The fourth-order valence-corrected chi connectivity index (χ4v) is 6.90. The maximum Gasteiger partial charge on any atom is 0.407 e. The second-order valence-corrected chi connectivity index (χ2v) is 12.4. The molecule has 0 aromatic heterocycles. The number of hydrogen-bond donors (Lipinski definition) is 2.